The number of rotatable bonds is 8. The molecule has 168 valence electrons. The fourth-order valence-electron chi connectivity index (χ4n) is 3.67. The van der Waals surface area contributed by atoms with Crippen molar-refractivity contribution < 1.29 is 23.4 Å². The van der Waals surface area contributed by atoms with Crippen LogP contribution in [0.3, 0.4) is 0 Å². The Morgan fingerprint density at radius 1 is 1.47 bits per heavy atom. The number of halogens is 2. The monoisotopic (exact) mass is 427 g/mol. The number of carbonyl (C=O) groups excluding carboxylic acids is 1. The lowest BCUT2D eigenvalue weighted by atomic mass is 9.84. The van der Waals surface area contributed by atoms with Crippen LogP contribution < -0.4 is 16.0 Å². The molecule has 0 aromatic carbocycles. The summed E-state index contributed by atoms with van der Waals surface area (Å²) in [6.07, 6.45) is -0.429. The molecule has 0 saturated carbocycles. The zero-order valence-corrected chi connectivity index (χ0v) is 17.8. The second-order valence-electron chi connectivity index (χ2n) is 8.69. The van der Waals surface area contributed by atoms with E-state index in [0.717, 1.165) is 0 Å². The van der Waals surface area contributed by atoms with E-state index >= 15 is 4.39 Å². The molecule has 0 radical (unpaired) electrons. The number of ether oxygens (including phenoxy) is 1. The van der Waals surface area contributed by atoms with E-state index in [1.807, 2.05) is 19.2 Å². The summed E-state index contributed by atoms with van der Waals surface area (Å²) in [5, 5.41) is 18.8. The third kappa shape index (κ3) is 6.25. The van der Waals surface area contributed by atoms with Crippen molar-refractivity contribution in [2.75, 3.05) is 24.6 Å². The van der Waals surface area contributed by atoms with E-state index in [-0.39, 0.29) is 31.4 Å². The van der Waals surface area contributed by atoms with Gasteiger partial charge < -0.3 is 20.5 Å². The number of carbonyl (C=O) groups is 1. The van der Waals surface area contributed by atoms with Gasteiger partial charge in [0.25, 0.3) is 0 Å². The molecule has 8 nitrogen and oxygen atoms in total. The Balaban J connectivity index is 2.07. The predicted molar refractivity (Wildman–Crippen MR) is 110 cm³/mol. The van der Waals surface area contributed by atoms with E-state index < -0.39 is 41.5 Å². The van der Waals surface area contributed by atoms with Gasteiger partial charge in [0.1, 0.15) is 6.17 Å². The molecular weight excluding hydrogens is 396 g/mol. The highest BCUT2D eigenvalue weighted by atomic mass is 19.1. The average Bonchev–Trinajstić information content (AvgIpc) is 2.61. The highest BCUT2D eigenvalue weighted by molar-refractivity contribution is 5.90. The molecule has 2 rings (SSSR count). The van der Waals surface area contributed by atoms with Crippen molar-refractivity contribution >= 4 is 17.9 Å². The minimum atomic E-state index is -1.41. The van der Waals surface area contributed by atoms with Gasteiger partial charge in [-0.05, 0) is 30.9 Å². The summed E-state index contributed by atoms with van der Waals surface area (Å²) >= 11 is 0. The normalized spacial score (nSPS) is 18.3. The topological polar surface area (TPSA) is 125 Å². The summed E-state index contributed by atoms with van der Waals surface area (Å²) in [6.45, 7) is 7.54. The molecular formula is C20H31F2N5O3. The number of aliphatic hydroxyl groups is 1. The van der Waals surface area contributed by atoms with Gasteiger partial charge in [0.05, 0.1) is 12.2 Å². The van der Waals surface area contributed by atoms with Gasteiger partial charge in [-0.1, -0.05) is 20.8 Å². The number of nitrogens with zero attached hydrogens (tertiary/aromatic N) is 2. The number of alkyl carbamates (subject to hydrolysis) is 1. The van der Waals surface area contributed by atoms with E-state index in [2.05, 4.69) is 4.98 Å². The van der Waals surface area contributed by atoms with E-state index in [1.165, 1.54) is 12.3 Å². The summed E-state index contributed by atoms with van der Waals surface area (Å²) < 4.78 is 34.9. The Hall–Kier alpha value is -2.49. The summed E-state index contributed by atoms with van der Waals surface area (Å²) in [7, 11) is 0. The van der Waals surface area contributed by atoms with Crippen LogP contribution in [0.5, 0.6) is 0 Å². The summed E-state index contributed by atoms with van der Waals surface area (Å²) in [5.41, 5.74) is 4.62. The molecule has 1 aromatic heterocycles. The van der Waals surface area contributed by atoms with Crippen LogP contribution in [0.4, 0.5) is 19.4 Å². The number of aromatic nitrogens is 1. The van der Waals surface area contributed by atoms with Gasteiger partial charge in [-0.15, -0.1) is 0 Å². The van der Waals surface area contributed by atoms with Crippen LogP contribution in [0.2, 0.25) is 0 Å². The first-order valence-electron chi connectivity index (χ1n) is 9.94. The second kappa shape index (κ2) is 9.55. The number of pyridine rings is 1. The Kier molecular flexibility index (Phi) is 7.57. The highest BCUT2D eigenvalue weighted by Crippen LogP contribution is 2.33. The minimum Gasteiger partial charge on any atom is -0.449 e. The van der Waals surface area contributed by atoms with Crippen LogP contribution in [-0.4, -0.2) is 53.6 Å². The van der Waals surface area contributed by atoms with Crippen molar-refractivity contribution in [2.24, 2.45) is 17.6 Å². The fourth-order valence-corrected chi connectivity index (χ4v) is 3.67. The Morgan fingerprint density at radius 2 is 2.10 bits per heavy atom. The zero-order chi connectivity index (χ0) is 22.6. The third-order valence-corrected chi connectivity index (χ3v) is 5.10. The maximum atomic E-state index is 15.3. The van der Waals surface area contributed by atoms with Crippen molar-refractivity contribution in [2.45, 2.75) is 51.8 Å². The molecule has 1 fully saturated rings. The number of hydrogen-bond acceptors (Lipinski definition) is 6. The van der Waals surface area contributed by atoms with Crippen molar-refractivity contribution in [1.82, 2.24) is 10.3 Å². The maximum Gasteiger partial charge on any atom is 0.413 e. The van der Waals surface area contributed by atoms with Crippen LogP contribution >= 0.6 is 0 Å². The summed E-state index contributed by atoms with van der Waals surface area (Å²) in [4.78, 5) is 17.3. The smallest absolute Gasteiger partial charge is 0.413 e. The van der Waals surface area contributed by atoms with Gasteiger partial charge >= 0.3 is 6.09 Å². The Labute approximate surface area is 175 Å². The van der Waals surface area contributed by atoms with E-state index in [9.17, 15) is 14.3 Å². The first-order valence-corrected chi connectivity index (χ1v) is 9.94. The van der Waals surface area contributed by atoms with Crippen LogP contribution in [0.1, 0.15) is 45.6 Å². The van der Waals surface area contributed by atoms with Gasteiger partial charge in [-0.2, -0.15) is 0 Å². The number of anilines is 1. The molecule has 0 spiro atoms. The lowest BCUT2D eigenvalue weighted by molar-refractivity contribution is 0.0301. The summed E-state index contributed by atoms with van der Waals surface area (Å²) in [6, 6.07) is 1.27. The number of β-amino-alcohol motifs (C(OH)–C–C–N with tert-alkyl or cyclic N) is 1. The average molecular weight is 427 g/mol. The maximum absolute atomic E-state index is 15.3. The van der Waals surface area contributed by atoms with Crippen molar-refractivity contribution in [3.05, 3.63) is 23.6 Å². The van der Waals surface area contributed by atoms with Crippen LogP contribution in [-0.2, 0) is 4.74 Å². The standard InChI is InChI=1S/C20H31F2N5O3/c1-11(2)5-14(8-30-19(28)26-18(23)24)16(22)12(3)13-6-15(21)17(25-7-13)27-9-20(4,29)10-27/h6-7,11-12,14,16,29H,5,8-10H2,1-4H3,(H4,23,24,26,28). The molecule has 1 aromatic rings. The molecule has 1 amide bonds. The lowest BCUT2D eigenvalue weighted by Gasteiger charge is -2.45. The first-order chi connectivity index (χ1) is 13.9. The molecule has 1 saturated heterocycles. The largest absolute Gasteiger partial charge is 0.449 e. The molecule has 30 heavy (non-hydrogen) atoms. The minimum absolute atomic E-state index is 0.135. The van der Waals surface area contributed by atoms with E-state index in [1.54, 1.807) is 18.7 Å². The van der Waals surface area contributed by atoms with Gasteiger partial charge in [0, 0.05) is 31.1 Å². The molecule has 2 heterocycles. The number of amides is 1. The van der Waals surface area contributed by atoms with Crippen LogP contribution in [0.25, 0.3) is 0 Å². The van der Waals surface area contributed by atoms with Gasteiger partial charge in [0.15, 0.2) is 17.6 Å². The Bertz CT molecular complexity index is 767. The SMILES string of the molecule is CC(C)CC(COC(=O)NC(=N)N)C(F)C(C)c1cnc(N2CC(C)(O)C2)c(F)c1. The number of hydrogen-bond donors (Lipinski definition) is 4. The molecule has 0 aliphatic carbocycles. The first kappa shape index (κ1) is 23.8. The molecule has 3 atom stereocenters. The lowest BCUT2D eigenvalue weighted by Crippen LogP contribution is -2.60. The molecule has 10 heteroatoms. The van der Waals surface area contributed by atoms with E-state index in [0.29, 0.717) is 12.0 Å². The Morgan fingerprint density at radius 3 is 2.60 bits per heavy atom. The molecule has 0 bridgehead atoms. The molecule has 5 N–H and O–H groups in total. The molecule has 1 aliphatic rings. The van der Waals surface area contributed by atoms with E-state index in [4.69, 9.17) is 15.9 Å². The predicted octanol–water partition coefficient (Wildman–Crippen LogP) is 2.52. The van der Waals surface area contributed by atoms with Gasteiger partial charge in [0.2, 0.25) is 0 Å². The van der Waals surface area contributed by atoms with Crippen molar-refractivity contribution in [3.8, 4) is 0 Å². The van der Waals surface area contributed by atoms with Crippen molar-refractivity contribution in [3.63, 3.8) is 0 Å². The summed E-state index contributed by atoms with van der Waals surface area (Å²) in [5.74, 6) is -2.14. The number of nitrogens with one attached hydrogen (secondary N) is 2. The second-order valence-corrected chi connectivity index (χ2v) is 8.69. The highest BCUT2D eigenvalue weighted by Gasteiger charge is 2.38. The van der Waals surface area contributed by atoms with Crippen molar-refractivity contribution in [1.29, 1.82) is 5.41 Å². The van der Waals surface area contributed by atoms with Crippen LogP contribution in [0.15, 0.2) is 12.3 Å². The number of nitrogens with two attached hydrogens (primary N) is 1. The zero-order valence-electron chi connectivity index (χ0n) is 17.8. The van der Waals surface area contributed by atoms with Crippen LogP contribution in [0, 0.1) is 23.1 Å². The number of guanidine groups is 1. The quantitative estimate of drug-likeness (QED) is 0.373. The van der Waals surface area contributed by atoms with Gasteiger partial charge in [-0.3, -0.25) is 10.7 Å². The molecule has 3 unspecified atom stereocenters. The van der Waals surface area contributed by atoms with Gasteiger partial charge in [-0.25, -0.2) is 18.6 Å². The number of alkyl halides is 1. The molecule has 1 aliphatic heterocycles. The fraction of sp³-hybridized carbons (Fsp3) is 0.650. The third-order valence-electron chi connectivity index (χ3n) is 5.10.